The van der Waals surface area contributed by atoms with Crippen LogP contribution in [0.25, 0.3) is 17.1 Å². The number of carboxylic acids is 1. The van der Waals surface area contributed by atoms with Crippen LogP contribution in [0.5, 0.6) is 0 Å². The van der Waals surface area contributed by atoms with E-state index in [4.69, 9.17) is 16.7 Å². The maximum atomic E-state index is 10.9. The number of tetrazole rings is 1. The molecule has 0 fully saturated rings. The van der Waals surface area contributed by atoms with Crippen molar-refractivity contribution < 1.29 is 9.90 Å². The third kappa shape index (κ3) is 2.48. The van der Waals surface area contributed by atoms with E-state index in [9.17, 15) is 4.79 Å². The lowest BCUT2D eigenvalue weighted by atomic mass is 10.2. The van der Waals surface area contributed by atoms with Crippen molar-refractivity contribution in [3.8, 4) is 17.1 Å². The van der Waals surface area contributed by atoms with E-state index in [1.807, 2.05) is 30.3 Å². The number of carboxylic acid groups (broad SMARTS) is 1. The number of hydrogen-bond acceptors (Lipinski definition) is 4. The molecule has 2 aromatic carbocycles. The molecule has 0 aliphatic rings. The highest BCUT2D eigenvalue weighted by atomic mass is 35.5. The molecule has 6 nitrogen and oxygen atoms in total. The monoisotopic (exact) mass is 300 g/mol. The molecule has 0 bridgehead atoms. The zero-order chi connectivity index (χ0) is 14.8. The maximum absolute atomic E-state index is 10.9. The van der Waals surface area contributed by atoms with Crippen LogP contribution in [-0.2, 0) is 0 Å². The molecule has 0 aliphatic carbocycles. The molecule has 0 saturated carbocycles. The Balaban J connectivity index is 2.11. The maximum Gasteiger partial charge on any atom is 0.335 e. The van der Waals surface area contributed by atoms with Crippen LogP contribution >= 0.6 is 11.6 Å². The average molecular weight is 301 g/mol. The van der Waals surface area contributed by atoms with Crippen LogP contribution < -0.4 is 0 Å². The number of aromatic nitrogens is 4. The average Bonchev–Trinajstić information content (AvgIpc) is 2.97. The summed E-state index contributed by atoms with van der Waals surface area (Å²) < 4.78 is 1.48. The first-order valence-electron chi connectivity index (χ1n) is 6.04. The van der Waals surface area contributed by atoms with E-state index < -0.39 is 5.97 Å². The van der Waals surface area contributed by atoms with Gasteiger partial charge in [-0.1, -0.05) is 41.9 Å². The Kier molecular flexibility index (Phi) is 3.37. The predicted octanol–water partition coefficient (Wildman–Crippen LogP) is 2.68. The summed E-state index contributed by atoms with van der Waals surface area (Å²) in [5.41, 5.74) is 1.46. The van der Waals surface area contributed by atoms with E-state index in [1.54, 1.807) is 6.07 Å². The topological polar surface area (TPSA) is 80.9 Å². The number of nitrogens with zero attached hydrogens (tertiary/aromatic N) is 4. The third-order valence-corrected chi connectivity index (χ3v) is 3.23. The zero-order valence-corrected chi connectivity index (χ0v) is 11.4. The van der Waals surface area contributed by atoms with Gasteiger partial charge in [0.05, 0.1) is 16.3 Å². The molecule has 0 amide bonds. The fraction of sp³-hybridized carbons (Fsp3) is 0. The smallest absolute Gasteiger partial charge is 0.335 e. The summed E-state index contributed by atoms with van der Waals surface area (Å²) in [6.45, 7) is 0. The first-order chi connectivity index (χ1) is 10.2. The fourth-order valence-corrected chi connectivity index (χ4v) is 2.19. The Morgan fingerprint density at radius 2 is 1.90 bits per heavy atom. The summed E-state index contributed by atoms with van der Waals surface area (Å²) in [5, 5.41) is 20.8. The van der Waals surface area contributed by atoms with E-state index in [2.05, 4.69) is 15.5 Å². The minimum Gasteiger partial charge on any atom is -0.478 e. The molecule has 1 heterocycles. The molecular formula is C14H9ClN4O2. The van der Waals surface area contributed by atoms with Gasteiger partial charge in [0.15, 0.2) is 5.82 Å². The summed E-state index contributed by atoms with van der Waals surface area (Å²) in [7, 11) is 0. The first-order valence-corrected chi connectivity index (χ1v) is 6.41. The Morgan fingerprint density at radius 1 is 1.14 bits per heavy atom. The van der Waals surface area contributed by atoms with Crippen molar-refractivity contribution in [3.63, 3.8) is 0 Å². The zero-order valence-electron chi connectivity index (χ0n) is 10.6. The van der Waals surface area contributed by atoms with Gasteiger partial charge in [0.1, 0.15) is 0 Å². The second-order valence-corrected chi connectivity index (χ2v) is 4.66. The van der Waals surface area contributed by atoms with Gasteiger partial charge in [-0.05, 0) is 28.6 Å². The van der Waals surface area contributed by atoms with E-state index in [0.29, 0.717) is 11.5 Å². The lowest BCUT2D eigenvalue weighted by Gasteiger charge is -2.07. The first kappa shape index (κ1) is 13.3. The quantitative estimate of drug-likeness (QED) is 0.804. The van der Waals surface area contributed by atoms with Crippen LogP contribution in [0.2, 0.25) is 5.02 Å². The van der Waals surface area contributed by atoms with Crippen molar-refractivity contribution in [2.45, 2.75) is 0 Å². The molecule has 0 aliphatic heterocycles. The highest BCUT2D eigenvalue weighted by Gasteiger charge is 2.14. The van der Waals surface area contributed by atoms with Crippen molar-refractivity contribution >= 4 is 17.6 Å². The van der Waals surface area contributed by atoms with Gasteiger partial charge >= 0.3 is 5.97 Å². The van der Waals surface area contributed by atoms with Gasteiger partial charge in [-0.25, -0.2) is 4.79 Å². The number of aromatic carboxylic acids is 1. The molecule has 0 spiro atoms. The summed E-state index contributed by atoms with van der Waals surface area (Å²) in [6.07, 6.45) is 0. The number of benzene rings is 2. The van der Waals surface area contributed by atoms with E-state index >= 15 is 0 Å². The van der Waals surface area contributed by atoms with Gasteiger partial charge in [-0.3, -0.25) is 0 Å². The van der Waals surface area contributed by atoms with Gasteiger partial charge in [0, 0.05) is 5.56 Å². The van der Waals surface area contributed by atoms with Crippen molar-refractivity contribution in [1.29, 1.82) is 0 Å². The van der Waals surface area contributed by atoms with Crippen LogP contribution in [0.3, 0.4) is 0 Å². The van der Waals surface area contributed by atoms with Crippen LogP contribution in [0.1, 0.15) is 10.4 Å². The van der Waals surface area contributed by atoms with Gasteiger partial charge in [0.25, 0.3) is 0 Å². The summed E-state index contributed by atoms with van der Waals surface area (Å²) >= 11 is 6.14. The van der Waals surface area contributed by atoms with Crippen molar-refractivity contribution in [2.24, 2.45) is 0 Å². The molecular weight excluding hydrogens is 292 g/mol. The molecule has 7 heteroatoms. The van der Waals surface area contributed by atoms with Crippen LogP contribution in [0.15, 0.2) is 48.5 Å². The van der Waals surface area contributed by atoms with Crippen molar-refractivity contribution in [3.05, 3.63) is 59.1 Å². The van der Waals surface area contributed by atoms with Gasteiger partial charge in [-0.15, -0.1) is 5.10 Å². The number of halogens is 1. The van der Waals surface area contributed by atoms with Crippen LogP contribution in [0, 0.1) is 0 Å². The largest absolute Gasteiger partial charge is 0.478 e. The molecule has 21 heavy (non-hydrogen) atoms. The molecule has 0 radical (unpaired) electrons. The Bertz CT molecular complexity index is 802. The Hall–Kier alpha value is -2.73. The van der Waals surface area contributed by atoms with Gasteiger partial charge < -0.3 is 5.11 Å². The SMILES string of the molecule is O=C(O)c1ccc(-n2nnnc2-c2ccccc2)c(Cl)c1. The van der Waals surface area contributed by atoms with Gasteiger partial charge in [-0.2, -0.15) is 4.68 Å². The molecule has 1 aromatic heterocycles. The minimum absolute atomic E-state index is 0.109. The van der Waals surface area contributed by atoms with Crippen LogP contribution in [-0.4, -0.2) is 31.3 Å². The fourth-order valence-electron chi connectivity index (χ4n) is 1.93. The molecule has 0 unspecified atom stereocenters. The van der Waals surface area contributed by atoms with Gasteiger partial charge in [0.2, 0.25) is 0 Å². The van der Waals surface area contributed by atoms with E-state index in [-0.39, 0.29) is 10.6 Å². The van der Waals surface area contributed by atoms with E-state index in [1.165, 1.54) is 16.8 Å². The number of rotatable bonds is 3. The number of hydrogen-bond donors (Lipinski definition) is 1. The molecule has 0 atom stereocenters. The predicted molar refractivity (Wildman–Crippen MR) is 76.6 cm³/mol. The molecule has 0 saturated heterocycles. The summed E-state index contributed by atoms with van der Waals surface area (Å²) in [6, 6.07) is 13.8. The Morgan fingerprint density at radius 3 is 2.57 bits per heavy atom. The highest BCUT2D eigenvalue weighted by molar-refractivity contribution is 6.32. The second kappa shape index (κ2) is 5.34. The molecule has 104 valence electrons. The standard InChI is InChI=1S/C14H9ClN4O2/c15-11-8-10(14(20)21)6-7-12(11)19-13(16-17-18-19)9-4-2-1-3-5-9/h1-8H,(H,20,21). The van der Waals surface area contributed by atoms with Crippen molar-refractivity contribution in [2.75, 3.05) is 0 Å². The summed E-state index contributed by atoms with van der Waals surface area (Å²) in [5.74, 6) is -0.510. The molecule has 3 aromatic rings. The Labute approximate surface area is 124 Å². The summed E-state index contributed by atoms with van der Waals surface area (Å²) in [4.78, 5) is 10.9. The van der Waals surface area contributed by atoms with Crippen molar-refractivity contribution in [1.82, 2.24) is 20.2 Å². The normalized spacial score (nSPS) is 10.5. The highest BCUT2D eigenvalue weighted by Crippen LogP contribution is 2.25. The lowest BCUT2D eigenvalue weighted by Crippen LogP contribution is -2.03. The third-order valence-electron chi connectivity index (χ3n) is 2.92. The molecule has 3 rings (SSSR count). The van der Waals surface area contributed by atoms with Crippen LogP contribution in [0.4, 0.5) is 0 Å². The lowest BCUT2D eigenvalue weighted by molar-refractivity contribution is 0.0697. The number of carbonyl (C=O) groups is 1. The van der Waals surface area contributed by atoms with E-state index in [0.717, 1.165) is 5.56 Å². The molecule has 1 N–H and O–H groups in total. The minimum atomic E-state index is -1.04. The second-order valence-electron chi connectivity index (χ2n) is 4.25.